The molecule has 0 bridgehead atoms. The van der Waals surface area contributed by atoms with Crippen molar-refractivity contribution in [3.63, 3.8) is 0 Å². The summed E-state index contributed by atoms with van der Waals surface area (Å²) in [6.45, 7) is 6.39. The number of aliphatic hydroxyl groups is 1. The van der Waals surface area contributed by atoms with Gasteiger partial charge in [0, 0.05) is 31.9 Å². The Morgan fingerprint density at radius 1 is 1.48 bits per heavy atom. The fourth-order valence-corrected chi connectivity index (χ4v) is 3.92. The molecule has 2 fully saturated rings. The zero-order chi connectivity index (χ0) is 18.1. The van der Waals surface area contributed by atoms with Crippen LogP contribution in [0.2, 0.25) is 0 Å². The number of hydrogen-bond acceptors (Lipinski definition) is 5. The second kappa shape index (κ2) is 7.05. The lowest BCUT2D eigenvalue weighted by atomic mass is 9.77. The van der Waals surface area contributed by atoms with E-state index in [0.717, 1.165) is 32.2 Å². The van der Waals surface area contributed by atoms with Crippen LogP contribution in [0.3, 0.4) is 0 Å². The van der Waals surface area contributed by atoms with Gasteiger partial charge < -0.3 is 20.1 Å². The quantitative estimate of drug-likeness (QED) is 0.848. The van der Waals surface area contributed by atoms with Crippen molar-refractivity contribution in [1.29, 1.82) is 0 Å². The normalized spacial score (nSPS) is 29.1. The van der Waals surface area contributed by atoms with Gasteiger partial charge in [0.1, 0.15) is 11.3 Å². The number of hydrogen-bond donors (Lipinski definition) is 2. The highest BCUT2D eigenvalue weighted by atomic mass is 16.5. The molecule has 2 aliphatic rings. The maximum Gasteiger partial charge on any atom is 0.274 e. The van der Waals surface area contributed by atoms with Crippen LogP contribution in [0.25, 0.3) is 0 Å². The summed E-state index contributed by atoms with van der Waals surface area (Å²) in [5.74, 6) is -0.00215. The monoisotopic (exact) mass is 350 g/mol. The molecule has 1 aromatic rings. The first-order valence-corrected chi connectivity index (χ1v) is 9.25. The first-order chi connectivity index (χ1) is 11.9. The van der Waals surface area contributed by atoms with Crippen LogP contribution < -0.4 is 5.32 Å². The molecule has 7 nitrogen and oxygen atoms in total. The van der Waals surface area contributed by atoms with E-state index < -0.39 is 5.60 Å². The van der Waals surface area contributed by atoms with E-state index in [9.17, 15) is 9.90 Å². The molecule has 3 heterocycles. The van der Waals surface area contributed by atoms with E-state index in [2.05, 4.69) is 17.3 Å². The summed E-state index contributed by atoms with van der Waals surface area (Å²) >= 11 is 0. The topological polar surface area (TPSA) is 79.6 Å². The first kappa shape index (κ1) is 18.4. The number of nitrogens with zero attached hydrogens (tertiary/aromatic N) is 3. The Morgan fingerprint density at radius 3 is 2.84 bits per heavy atom. The molecule has 0 aromatic carbocycles. The lowest BCUT2D eigenvalue weighted by Crippen LogP contribution is -2.62. The number of rotatable bonds is 4. The van der Waals surface area contributed by atoms with Gasteiger partial charge in [-0.25, -0.2) is 0 Å². The molecule has 25 heavy (non-hydrogen) atoms. The molecule has 1 aromatic heterocycles. The highest BCUT2D eigenvalue weighted by molar-refractivity contribution is 5.92. The predicted molar refractivity (Wildman–Crippen MR) is 94.4 cm³/mol. The highest BCUT2D eigenvalue weighted by Crippen LogP contribution is 2.38. The molecule has 0 radical (unpaired) electrons. The Morgan fingerprint density at radius 2 is 2.20 bits per heavy atom. The summed E-state index contributed by atoms with van der Waals surface area (Å²) in [7, 11) is 1.88. The number of nitrogens with one attached hydrogen (secondary N) is 1. The van der Waals surface area contributed by atoms with Crippen molar-refractivity contribution in [2.45, 2.75) is 63.3 Å². The number of likely N-dealkylation sites (N-methyl/N-ethyl adjacent to an activating group) is 1. The van der Waals surface area contributed by atoms with Crippen LogP contribution in [0.5, 0.6) is 0 Å². The number of aromatic nitrogens is 2. The minimum absolute atomic E-state index is 0.00215. The van der Waals surface area contributed by atoms with Crippen LogP contribution in [0.15, 0.2) is 12.3 Å². The highest BCUT2D eigenvalue weighted by Gasteiger charge is 2.48. The molecule has 1 spiro atoms. The van der Waals surface area contributed by atoms with Gasteiger partial charge in [-0.1, -0.05) is 6.92 Å². The fourth-order valence-electron chi connectivity index (χ4n) is 3.92. The molecular weight excluding hydrogens is 320 g/mol. The maximum atomic E-state index is 12.7. The van der Waals surface area contributed by atoms with Crippen molar-refractivity contribution in [2.75, 3.05) is 26.7 Å². The molecule has 3 rings (SSSR count). The first-order valence-electron chi connectivity index (χ1n) is 9.25. The summed E-state index contributed by atoms with van der Waals surface area (Å²) in [6, 6.07) is 1.81. The summed E-state index contributed by atoms with van der Waals surface area (Å²) in [6.07, 6.45) is 5.22. The fraction of sp³-hybridized carbons (Fsp3) is 0.778. The molecule has 140 valence electrons. The van der Waals surface area contributed by atoms with Crippen molar-refractivity contribution in [3.8, 4) is 0 Å². The van der Waals surface area contributed by atoms with Crippen LogP contribution >= 0.6 is 0 Å². The number of ether oxygens (including phenoxy) is 1. The zero-order valence-electron chi connectivity index (χ0n) is 15.5. The Bertz CT molecular complexity index is 605. The second-order valence-electron chi connectivity index (χ2n) is 7.63. The van der Waals surface area contributed by atoms with Gasteiger partial charge in [-0.05, 0) is 45.7 Å². The molecule has 7 heteroatoms. The average molecular weight is 350 g/mol. The molecule has 1 amide bonds. The molecule has 0 saturated carbocycles. The standard InChI is InChI=1S/C18H30N4O3/c1-4-8-22-9-5-14(20-22)16(23)21-10-6-18(7-11-21)12-15(19-3)17(2,24)13-25-18/h5,9,15,19,24H,4,6-8,10-13H2,1-3H3/t15-,17-/m0/s1. The van der Waals surface area contributed by atoms with E-state index in [4.69, 9.17) is 4.74 Å². The van der Waals surface area contributed by atoms with Gasteiger partial charge in [-0.2, -0.15) is 5.10 Å². The van der Waals surface area contributed by atoms with Gasteiger partial charge in [0.2, 0.25) is 0 Å². The van der Waals surface area contributed by atoms with E-state index in [1.54, 1.807) is 6.07 Å². The Kier molecular flexibility index (Phi) is 5.18. The molecule has 2 aliphatic heterocycles. The lowest BCUT2D eigenvalue weighted by Gasteiger charge is -2.50. The summed E-state index contributed by atoms with van der Waals surface area (Å²) in [4.78, 5) is 14.5. The van der Waals surface area contributed by atoms with Crippen LogP contribution in [0.1, 0.15) is 50.0 Å². The minimum Gasteiger partial charge on any atom is -0.386 e. The van der Waals surface area contributed by atoms with Gasteiger partial charge in [0.25, 0.3) is 5.91 Å². The summed E-state index contributed by atoms with van der Waals surface area (Å²) in [5.41, 5.74) is -0.571. The van der Waals surface area contributed by atoms with Crippen LogP contribution in [0, 0.1) is 0 Å². The second-order valence-corrected chi connectivity index (χ2v) is 7.63. The van der Waals surface area contributed by atoms with Crippen molar-refractivity contribution in [1.82, 2.24) is 20.0 Å². The Balaban J connectivity index is 1.60. The Labute approximate surface area is 149 Å². The number of carbonyl (C=O) groups is 1. The number of aryl methyl sites for hydroxylation is 1. The summed E-state index contributed by atoms with van der Waals surface area (Å²) < 4.78 is 7.90. The van der Waals surface area contributed by atoms with E-state index in [0.29, 0.717) is 25.4 Å². The summed E-state index contributed by atoms with van der Waals surface area (Å²) in [5, 5.41) is 18.0. The third-order valence-electron chi connectivity index (χ3n) is 5.62. The number of piperidine rings is 1. The smallest absolute Gasteiger partial charge is 0.274 e. The van der Waals surface area contributed by atoms with Crippen LogP contribution in [0.4, 0.5) is 0 Å². The van der Waals surface area contributed by atoms with Crippen molar-refractivity contribution < 1.29 is 14.6 Å². The average Bonchev–Trinajstić information content (AvgIpc) is 3.06. The minimum atomic E-state index is -0.848. The lowest BCUT2D eigenvalue weighted by molar-refractivity contribution is -0.189. The zero-order valence-corrected chi connectivity index (χ0v) is 15.5. The van der Waals surface area contributed by atoms with Crippen LogP contribution in [-0.4, -0.2) is 69.7 Å². The van der Waals surface area contributed by atoms with Crippen molar-refractivity contribution >= 4 is 5.91 Å². The van der Waals surface area contributed by atoms with Gasteiger partial charge >= 0.3 is 0 Å². The molecule has 2 N–H and O–H groups in total. The third kappa shape index (κ3) is 3.73. The van der Waals surface area contributed by atoms with Gasteiger partial charge in [-0.3, -0.25) is 9.48 Å². The van der Waals surface area contributed by atoms with E-state index in [1.165, 1.54) is 0 Å². The maximum absolute atomic E-state index is 12.7. The SMILES string of the molecule is CCCn1ccc(C(=O)N2CCC3(CC2)C[C@H](NC)[C@@](C)(O)CO3)n1. The molecule has 0 unspecified atom stereocenters. The number of amides is 1. The van der Waals surface area contributed by atoms with E-state index in [-0.39, 0.29) is 17.6 Å². The Hall–Kier alpha value is -1.44. The van der Waals surface area contributed by atoms with Gasteiger partial charge in [0.15, 0.2) is 0 Å². The van der Waals surface area contributed by atoms with E-state index >= 15 is 0 Å². The predicted octanol–water partition coefficient (Wildman–Crippen LogP) is 1.03. The van der Waals surface area contributed by atoms with Gasteiger partial charge in [0.05, 0.1) is 12.2 Å². The molecule has 2 atom stereocenters. The molecule has 2 saturated heterocycles. The molecule has 0 aliphatic carbocycles. The van der Waals surface area contributed by atoms with Crippen molar-refractivity contribution in [3.05, 3.63) is 18.0 Å². The van der Waals surface area contributed by atoms with E-state index in [1.807, 2.05) is 29.7 Å². The molecular formula is C18H30N4O3. The van der Waals surface area contributed by atoms with Crippen LogP contribution in [-0.2, 0) is 11.3 Å². The third-order valence-corrected chi connectivity index (χ3v) is 5.62. The number of carbonyl (C=O) groups excluding carboxylic acids is 1. The van der Waals surface area contributed by atoms with Gasteiger partial charge in [-0.15, -0.1) is 0 Å². The van der Waals surface area contributed by atoms with Crippen molar-refractivity contribution in [2.24, 2.45) is 0 Å². The largest absolute Gasteiger partial charge is 0.386 e. The number of likely N-dealkylation sites (tertiary alicyclic amines) is 1.